The minimum atomic E-state index is 0.0139. The summed E-state index contributed by atoms with van der Waals surface area (Å²) < 4.78 is 0. The highest BCUT2D eigenvalue weighted by molar-refractivity contribution is 6.30. The Morgan fingerprint density at radius 2 is 2.26 bits per heavy atom. The fourth-order valence-electron chi connectivity index (χ4n) is 2.77. The molecule has 0 saturated carbocycles. The lowest BCUT2D eigenvalue weighted by Crippen LogP contribution is -2.42. The lowest BCUT2D eigenvalue weighted by Gasteiger charge is -2.35. The van der Waals surface area contributed by atoms with Crippen molar-refractivity contribution in [3.05, 3.63) is 34.9 Å². The zero-order valence-electron chi connectivity index (χ0n) is 11.3. The normalized spacial score (nSPS) is 22.4. The standard InChI is InChI=1S/C15H23ClN2O/c16-13-5-3-4-12(10-13)15(17)7-9-18-8-2-1-6-14(18)11-19/h3-5,10,14-15,19H,1-2,6-9,11,17H2. The van der Waals surface area contributed by atoms with E-state index in [1.165, 1.54) is 12.8 Å². The summed E-state index contributed by atoms with van der Waals surface area (Å²) in [6.07, 6.45) is 4.45. The molecule has 0 amide bonds. The number of nitrogens with zero attached hydrogens (tertiary/aromatic N) is 1. The predicted octanol–water partition coefficient (Wildman–Crippen LogP) is 2.58. The van der Waals surface area contributed by atoms with Crippen molar-refractivity contribution in [1.29, 1.82) is 0 Å². The second-order valence-electron chi connectivity index (χ2n) is 5.32. The van der Waals surface area contributed by atoms with Crippen LogP contribution in [0.2, 0.25) is 5.02 Å². The molecule has 1 saturated heterocycles. The largest absolute Gasteiger partial charge is 0.395 e. The summed E-state index contributed by atoms with van der Waals surface area (Å²) in [5.74, 6) is 0. The van der Waals surface area contributed by atoms with Gasteiger partial charge in [0.25, 0.3) is 0 Å². The van der Waals surface area contributed by atoms with E-state index < -0.39 is 0 Å². The second-order valence-corrected chi connectivity index (χ2v) is 5.75. The predicted molar refractivity (Wildman–Crippen MR) is 79.3 cm³/mol. The van der Waals surface area contributed by atoms with Gasteiger partial charge in [-0.1, -0.05) is 30.2 Å². The maximum atomic E-state index is 9.39. The van der Waals surface area contributed by atoms with Crippen molar-refractivity contribution in [2.24, 2.45) is 5.73 Å². The van der Waals surface area contributed by atoms with E-state index in [4.69, 9.17) is 17.3 Å². The van der Waals surface area contributed by atoms with Gasteiger partial charge in [0.15, 0.2) is 0 Å². The van der Waals surface area contributed by atoms with Gasteiger partial charge in [-0.15, -0.1) is 0 Å². The molecular weight excluding hydrogens is 260 g/mol. The molecule has 1 aromatic rings. The Morgan fingerprint density at radius 1 is 1.42 bits per heavy atom. The molecule has 1 aliphatic rings. The minimum Gasteiger partial charge on any atom is -0.395 e. The van der Waals surface area contributed by atoms with E-state index >= 15 is 0 Å². The summed E-state index contributed by atoms with van der Waals surface area (Å²) >= 11 is 5.98. The molecule has 106 valence electrons. The molecule has 0 spiro atoms. The van der Waals surface area contributed by atoms with Gasteiger partial charge >= 0.3 is 0 Å². The molecule has 4 heteroatoms. The Balaban J connectivity index is 1.87. The first kappa shape index (κ1) is 14.8. The van der Waals surface area contributed by atoms with Gasteiger partial charge in [-0.3, -0.25) is 4.90 Å². The van der Waals surface area contributed by atoms with Crippen molar-refractivity contribution >= 4 is 11.6 Å². The fraction of sp³-hybridized carbons (Fsp3) is 0.600. The van der Waals surface area contributed by atoms with Crippen LogP contribution in [0.15, 0.2) is 24.3 Å². The number of halogens is 1. The highest BCUT2D eigenvalue weighted by Crippen LogP contribution is 2.21. The summed E-state index contributed by atoms with van der Waals surface area (Å²) in [6.45, 7) is 2.28. The number of rotatable bonds is 5. The van der Waals surface area contributed by atoms with Crippen LogP contribution in [0.25, 0.3) is 0 Å². The SMILES string of the molecule is NC(CCN1CCCCC1CO)c1cccc(Cl)c1. The zero-order valence-corrected chi connectivity index (χ0v) is 12.0. The monoisotopic (exact) mass is 282 g/mol. The Hall–Kier alpha value is -0.610. The topological polar surface area (TPSA) is 49.5 Å². The van der Waals surface area contributed by atoms with Gasteiger partial charge < -0.3 is 10.8 Å². The molecule has 0 radical (unpaired) electrons. The lowest BCUT2D eigenvalue weighted by atomic mass is 10.00. The van der Waals surface area contributed by atoms with E-state index in [-0.39, 0.29) is 12.6 Å². The Kier molecular flexibility index (Phi) is 5.64. The van der Waals surface area contributed by atoms with Crippen LogP contribution in [0.5, 0.6) is 0 Å². The Labute approximate surface area is 120 Å². The van der Waals surface area contributed by atoms with E-state index in [9.17, 15) is 5.11 Å². The minimum absolute atomic E-state index is 0.0139. The quantitative estimate of drug-likeness (QED) is 0.873. The fourth-order valence-corrected chi connectivity index (χ4v) is 2.97. The van der Waals surface area contributed by atoms with E-state index in [0.717, 1.165) is 36.5 Å². The van der Waals surface area contributed by atoms with Gasteiger partial charge in [0, 0.05) is 23.7 Å². The van der Waals surface area contributed by atoms with Crippen LogP contribution >= 0.6 is 11.6 Å². The van der Waals surface area contributed by atoms with Crippen molar-refractivity contribution in [3.63, 3.8) is 0 Å². The van der Waals surface area contributed by atoms with E-state index in [0.29, 0.717) is 6.04 Å². The molecular formula is C15H23ClN2O. The summed E-state index contributed by atoms with van der Waals surface area (Å²) in [4.78, 5) is 2.37. The van der Waals surface area contributed by atoms with Crippen LogP contribution in [-0.2, 0) is 0 Å². The summed E-state index contributed by atoms with van der Waals surface area (Å²) in [5.41, 5.74) is 7.31. The molecule has 1 aliphatic heterocycles. The number of hydrogen-bond donors (Lipinski definition) is 2. The second kappa shape index (κ2) is 7.25. The molecule has 1 heterocycles. The van der Waals surface area contributed by atoms with E-state index in [1.54, 1.807) is 0 Å². The number of aliphatic hydroxyl groups excluding tert-OH is 1. The number of aliphatic hydroxyl groups is 1. The molecule has 2 unspecified atom stereocenters. The third-order valence-corrected chi connectivity index (χ3v) is 4.20. The number of benzene rings is 1. The molecule has 1 fully saturated rings. The molecule has 0 bridgehead atoms. The van der Waals surface area contributed by atoms with E-state index in [2.05, 4.69) is 4.90 Å². The summed E-state index contributed by atoms with van der Waals surface area (Å²) in [5, 5.41) is 10.1. The van der Waals surface area contributed by atoms with Crippen molar-refractivity contribution in [2.75, 3.05) is 19.7 Å². The van der Waals surface area contributed by atoms with Crippen LogP contribution in [-0.4, -0.2) is 35.7 Å². The number of hydrogen-bond acceptors (Lipinski definition) is 3. The van der Waals surface area contributed by atoms with Crippen LogP contribution in [0.3, 0.4) is 0 Å². The van der Waals surface area contributed by atoms with Crippen molar-refractivity contribution < 1.29 is 5.11 Å². The maximum Gasteiger partial charge on any atom is 0.0586 e. The molecule has 3 nitrogen and oxygen atoms in total. The third kappa shape index (κ3) is 4.18. The Morgan fingerprint density at radius 3 is 3.00 bits per heavy atom. The van der Waals surface area contributed by atoms with Gasteiger partial charge in [-0.25, -0.2) is 0 Å². The average molecular weight is 283 g/mol. The molecule has 0 aromatic heterocycles. The van der Waals surface area contributed by atoms with Crippen LogP contribution in [0.1, 0.15) is 37.3 Å². The van der Waals surface area contributed by atoms with E-state index in [1.807, 2.05) is 24.3 Å². The van der Waals surface area contributed by atoms with Crippen LogP contribution in [0.4, 0.5) is 0 Å². The number of piperidine rings is 1. The third-order valence-electron chi connectivity index (χ3n) is 3.96. The first-order valence-corrected chi connectivity index (χ1v) is 7.44. The van der Waals surface area contributed by atoms with Gasteiger partial charge in [-0.2, -0.15) is 0 Å². The molecule has 19 heavy (non-hydrogen) atoms. The van der Waals surface area contributed by atoms with Crippen LogP contribution < -0.4 is 5.73 Å². The summed E-state index contributed by atoms with van der Waals surface area (Å²) in [7, 11) is 0. The maximum absolute atomic E-state index is 9.39. The summed E-state index contributed by atoms with van der Waals surface area (Å²) in [6, 6.07) is 8.10. The van der Waals surface area contributed by atoms with Gasteiger partial charge in [0.1, 0.15) is 0 Å². The van der Waals surface area contributed by atoms with Gasteiger partial charge in [-0.05, 0) is 43.5 Å². The highest BCUT2D eigenvalue weighted by Gasteiger charge is 2.21. The first-order valence-electron chi connectivity index (χ1n) is 7.06. The first-order chi connectivity index (χ1) is 9.20. The van der Waals surface area contributed by atoms with Crippen LogP contribution in [0, 0.1) is 0 Å². The van der Waals surface area contributed by atoms with Gasteiger partial charge in [0.2, 0.25) is 0 Å². The zero-order chi connectivity index (χ0) is 13.7. The molecule has 2 rings (SSSR count). The Bertz CT molecular complexity index is 399. The smallest absolute Gasteiger partial charge is 0.0586 e. The number of likely N-dealkylation sites (tertiary alicyclic amines) is 1. The number of nitrogens with two attached hydrogens (primary N) is 1. The van der Waals surface area contributed by atoms with Crippen molar-refractivity contribution in [2.45, 2.75) is 37.8 Å². The molecule has 3 N–H and O–H groups in total. The molecule has 1 aromatic carbocycles. The average Bonchev–Trinajstić information content (AvgIpc) is 2.45. The van der Waals surface area contributed by atoms with Crippen molar-refractivity contribution in [1.82, 2.24) is 4.90 Å². The van der Waals surface area contributed by atoms with Crippen molar-refractivity contribution in [3.8, 4) is 0 Å². The van der Waals surface area contributed by atoms with Gasteiger partial charge in [0.05, 0.1) is 6.61 Å². The highest BCUT2D eigenvalue weighted by atomic mass is 35.5. The lowest BCUT2D eigenvalue weighted by molar-refractivity contribution is 0.0875. The molecule has 0 aliphatic carbocycles. The molecule has 2 atom stereocenters.